The molecule has 1 aliphatic rings. The fraction of sp³-hybridized carbons (Fsp3) is 0.467. The zero-order chi connectivity index (χ0) is 17.0. The second-order valence-electron chi connectivity index (χ2n) is 5.33. The van der Waals surface area contributed by atoms with Crippen LogP contribution in [-0.4, -0.2) is 49.2 Å². The smallest absolute Gasteiger partial charge is 0.319 e. The molecule has 8 heteroatoms. The van der Waals surface area contributed by atoms with Gasteiger partial charge in [0.25, 0.3) is 0 Å². The van der Waals surface area contributed by atoms with Crippen LogP contribution in [0, 0.1) is 6.92 Å². The lowest BCUT2D eigenvalue weighted by atomic mass is 10.2. The van der Waals surface area contributed by atoms with Crippen LogP contribution in [0.15, 0.2) is 12.1 Å². The SMILES string of the molecule is CC(=O)N1CCOC(CNC(=O)Nc2ccc(Cl)c(C)c2Cl)C1. The predicted octanol–water partition coefficient (Wildman–Crippen LogP) is 2.67. The van der Waals surface area contributed by atoms with Crippen LogP contribution >= 0.6 is 23.2 Å². The maximum absolute atomic E-state index is 12.0. The van der Waals surface area contributed by atoms with Crippen molar-refractivity contribution in [2.45, 2.75) is 20.0 Å². The van der Waals surface area contributed by atoms with E-state index in [2.05, 4.69) is 10.6 Å². The first kappa shape index (κ1) is 17.8. The van der Waals surface area contributed by atoms with Gasteiger partial charge in [0.15, 0.2) is 0 Å². The minimum Gasteiger partial charge on any atom is -0.373 e. The zero-order valence-corrected chi connectivity index (χ0v) is 14.5. The summed E-state index contributed by atoms with van der Waals surface area (Å²) in [6.07, 6.45) is -0.221. The van der Waals surface area contributed by atoms with Gasteiger partial charge in [-0.05, 0) is 24.6 Å². The molecule has 2 rings (SSSR count). The molecule has 3 amide bonds. The van der Waals surface area contributed by atoms with Crippen molar-refractivity contribution in [3.8, 4) is 0 Å². The molecule has 1 unspecified atom stereocenters. The average Bonchev–Trinajstić information content (AvgIpc) is 2.54. The second kappa shape index (κ2) is 7.86. The fourth-order valence-corrected chi connectivity index (χ4v) is 2.68. The van der Waals surface area contributed by atoms with Crippen LogP contribution in [0.1, 0.15) is 12.5 Å². The number of halogens is 2. The number of hydrogen-bond donors (Lipinski definition) is 2. The van der Waals surface area contributed by atoms with Crippen molar-refractivity contribution in [2.24, 2.45) is 0 Å². The molecule has 1 saturated heterocycles. The molecule has 1 aromatic rings. The quantitative estimate of drug-likeness (QED) is 0.871. The van der Waals surface area contributed by atoms with E-state index < -0.39 is 6.03 Å². The summed E-state index contributed by atoms with van der Waals surface area (Å²) in [6.45, 7) is 5.12. The van der Waals surface area contributed by atoms with E-state index in [9.17, 15) is 9.59 Å². The molecule has 6 nitrogen and oxygen atoms in total. The number of ether oxygens (including phenoxy) is 1. The van der Waals surface area contributed by atoms with Crippen molar-refractivity contribution < 1.29 is 14.3 Å². The highest BCUT2D eigenvalue weighted by Crippen LogP contribution is 2.30. The summed E-state index contributed by atoms with van der Waals surface area (Å²) in [7, 11) is 0. The van der Waals surface area contributed by atoms with E-state index in [1.165, 1.54) is 6.92 Å². The Kier molecular flexibility index (Phi) is 6.10. The van der Waals surface area contributed by atoms with Crippen molar-refractivity contribution >= 4 is 40.8 Å². The number of nitrogens with zero attached hydrogens (tertiary/aromatic N) is 1. The maximum Gasteiger partial charge on any atom is 0.319 e. The van der Waals surface area contributed by atoms with Gasteiger partial charge in [-0.25, -0.2) is 4.79 Å². The van der Waals surface area contributed by atoms with E-state index in [0.717, 1.165) is 0 Å². The van der Waals surface area contributed by atoms with Gasteiger partial charge in [-0.15, -0.1) is 0 Å². The van der Waals surface area contributed by atoms with Gasteiger partial charge < -0.3 is 20.3 Å². The summed E-state index contributed by atoms with van der Waals surface area (Å²) in [5, 5.41) is 6.34. The molecule has 0 aromatic heterocycles. The molecule has 23 heavy (non-hydrogen) atoms. The van der Waals surface area contributed by atoms with E-state index in [-0.39, 0.29) is 12.0 Å². The topological polar surface area (TPSA) is 70.7 Å². The molecule has 126 valence electrons. The van der Waals surface area contributed by atoms with Gasteiger partial charge in [-0.3, -0.25) is 4.79 Å². The van der Waals surface area contributed by atoms with Gasteiger partial charge in [0.1, 0.15) is 0 Å². The molecule has 1 fully saturated rings. The summed E-state index contributed by atoms with van der Waals surface area (Å²) in [5.41, 5.74) is 1.19. The standard InChI is InChI=1S/C15H19Cl2N3O3/c1-9-12(16)3-4-13(14(9)17)19-15(22)18-7-11-8-20(10(2)21)5-6-23-11/h3-4,11H,5-8H2,1-2H3,(H2,18,19,22). The monoisotopic (exact) mass is 359 g/mol. The molecule has 1 aliphatic heterocycles. The second-order valence-corrected chi connectivity index (χ2v) is 6.11. The molecular formula is C15H19Cl2N3O3. The Morgan fingerprint density at radius 3 is 2.83 bits per heavy atom. The number of hydrogen-bond acceptors (Lipinski definition) is 3. The van der Waals surface area contributed by atoms with Crippen LogP contribution in [-0.2, 0) is 9.53 Å². The van der Waals surface area contributed by atoms with E-state index >= 15 is 0 Å². The molecule has 0 saturated carbocycles. The highest BCUT2D eigenvalue weighted by Gasteiger charge is 2.22. The summed E-state index contributed by atoms with van der Waals surface area (Å²) >= 11 is 12.1. The van der Waals surface area contributed by atoms with Gasteiger partial charge in [-0.1, -0.05) is 23.2 Å². The number of benzene rings is 1. The van der Waals surface area contributed by atoms with Crippen molar-refractivity contribution in [1.82, 2.24) is 10.2 Å². The zero-order valence-electron chi connectivity index (χ0n) is 13.0. The normalized spacial score (nSPS) is 17.7. The van der Waals surface area contributed by atoms with Gasteiger partial charge in [0.2, 0.25) is 5.91 Å². The minimum atomic E-state index is -0.392. The lowest BCUT2D eigenvalue weighted by Crippen LogP contribution is -2.49. The number of nitrogens with one attached hydrogen (secondary N) is 2. The number of rotatable bonds is 3. The Balaban J connectivity index is 1.86. The molecule has 1 heterocycles. The minimum absolute atomic E-state index is 0.00572. The van der Waals surface area contributed by atoms with Gasteiger partial charge in [-0.2, -0.15) is 0 Å². The first-order chi connectivity index (χ1) is 10.9. The van der Waals surface area contributed by atoms with Crippen LogP contribution in [0.2, 0.25) is 10.0 Å². The summed E-state index contributed by atoms with van der Waals surface area (Å²) in [6, 6.07) is 2.93. The van der Waals surface area contributed by atoms with Crippen LogP contribution in [0.4, 0.5) is 10.5 Å². The van der Waals surface area contributed by atoms with Crippen LogP contribution in [0.25, 0.3) is 0 Å². The van der Waals surface area contributed by atoms with Crippen molar-refractivity contribution in [2.75, 3.05) is 31.6 Å². The summed E-state index contributed by atoms with van der Waals surface area (Å²) in [4.78, 5) is 25.0. The highest BCUT2D eigenvalue weighted by molar-refractivity contribution is 6.38. The first-order valence-corrected chi connectivity index (χ1v) is 8.00. The number of carbonyl (C=O) groups is 2. The number of anilines is 1. The number of urea groups is 1. The third-order valence-electron chi connectivity index (χ3n) is 3.64. The Bertz CT molecular complexity index is 610. The van der Waals surface area contributed by atoms with Gasteiger partial charge in [0.05, 0.1) is 23.4 Å². The van der Waals surface area contributed by atoms with Crippen molar-refractivity contribution in [1.29, 1.82) is 0 Å². The highest BCUT2D eigenvalue weighted by atomic mass is 35.5. The first-order valence-electron chi connectivity index (χ1n) is 7.25. The predicted molar refractivity (Wildman–Crippen MR) is 90.2 cm³/mol. The Morgan fingerprint density at radius 1 is 1.39 bits per heavy atom. The van der Waals surface area contributed by atoms with Crippen LogP contribution in [0.3, 0.4) is 0 Å². The number of morpholine rings is 1. The van der Waals surface area contributed by atoms with Crippen molar-refractivity contribution in [3.05, 3.63) is 27.7 Å². The molecule has 0 radical (unpaired) electrons. The van der Waals surface area contributed by atoms with E-state index in [1.54, 1.807) is 24.0 Å². The van der Waals surface area contributed by atoms with Gasteiger partial charge >= 0.3 is 6.03 Å². The number of carbonyl (C=O) groups excluding carboxylic acids is 2. The molecule has 2 N–H and O–H groups in total. The Labute approximate surface area is 145 Å². The molecule has 1 atom stereocenters. The van der Waals surface area contributed by atoms with Crippen molar-refractivity contribution in [3.63, 3.8) is 0 Å². The molecule has 1 aromatic carbocycles. The van der Waals surface area contributed by atoms with E-state index in [4.69, 9.17) is 27.9 Å². The molecule has 0 bridgehead atoms. The summed E-state index contributed by atoms with van der Waals surface area (Å²) < 4.78 is 5.54. The van der Waals surface area contributed by atoms with E-state index in [0.29, 0.717) is 47.5 Å². The third-order valence-corrected chi connectivity index (χ3v) is 4.54. The Hall–Kier alpha value is -1.50. The Morgan fingerprint density at radius 2 is 2.13 bits per heavy atom. The lowest BCUT2D eigenvalue weighted by Gasteiger charge is -2.32. The molecule has 0 spiro atoms. The summed E-state index contributed by atoms with van der Waals surface area (Å²) in [5.74, 6) is 0.00572. The van der Waals surface area contributed by atoms with E-state index in [1.807, 2.05) is 0 Å². The molecule has 0 aliphatic carbocycles. The van der Waals surface area contributed by atoms with Crippen LogP contribution in [0.5, 0.6) is 0 Å². The average molecular weight is 360 g/mol. The number of amides is 3. The maximum atomic E-state index is 12.0. The lowest BCUT2D eigenvalue weighted by molar-refractivity contribution is -0.136. The third kappa shape index (κ3) is 4.73. The van der Waals surface area contributed by atoms with Gasteiger partial charge in [0, 0.05) is 31.6 Å². The van der Waals surface area contributed by atoms with Crippen LogP contribution < -0.4 is 10.6 Å². The fourth-order valence-electron chi connectivity index (χ4n) is 2.26. The molecular weight excluding hydrogens is 341 g/mol. The largest absolute Gasteiger partial charge is 0.373 e.